The highest BCUT2D eigenvalue weighted by atomic mass is 16.7. The van der Waals surface area contributed by atoms with Gasteiger partial charge in [-0.15, -0.1) is 0 Å². The largest absolute Gasteiger partial charge is 0.468 e. The van der Waals surface area contributed by atoms with Crippen LogP contribution in [-0.4, -0.2) is 18.9 Å². The molecule has 0 unspecified atom stereocenters. The third-order valence-electron chi connectivity index (χ3n) is 3.07. The Labute approximate surface area is 117 Å². The molecule has 0 aliphatic rings. The maximum atomic E-state index is 5.78. The number of methoxy groups -OCH3 is 1. The van der Waals surface area contributed by atoms with E-state index in [0.717, 1.165) is 28.0 Å². The van der Waals surface area contributed by atoms with Crippen LogP contribution >= 0.6 is 0 Å². The summed E-state index contributed by atoms with van der Waals surface area (Å²) in [6.07, 6.45) is 0. The molecule has 2 aromatic carbocycles. The first-order chi connectivity index (χ1) is 9.78. The average molecular weight is 269 g/mol. The van der Waals surface area contributed by atoms with Crippen molar-refractivity contribution in [2.45, 2.75) is 6.92 Å². The van der Waals surface area contributed by atoms with Gasteiger partial charge in [0.1, 0.15) is 11.3 Å². The van der Waals surface area contributed by atoms with Gasteiger partial charge in [0.05, 0.1) is 0 Å². The SMILES string of the molecule is COCOc1ccc(-c2nc3c(C)cccc3o2)cc1. The first-order valence-electron chi connectivity index (χ1n) is 6.36. The molecule has 0 radical (unpaired) electrons. The Bertz CT molecular complexity index is 716. The monoisotopic (exact) mass is 269 g/mol. The van der Waals surface area contributed by atoms with Crippen LogP contribution in [0.3, 0.4) is 0 Å². The van der Waals surface area contributed by atoms with Crippen LogP contribution in [0.15, 0.2) is 46.9 Å². The van der Waals surface area contributed by atoms with Crippen molar-refractivity contribution in [3.8, 4) is 17.2 Å². The van der Waals surface area contributed by atoms with Gasteiger partial charge in [0.15, 0.2) is 12.4 Å². The van der Waals surface area contributed by atoms with Crippen LogP contribution in [0, 0.1) is 6.92 Å². The number of oxazole rings is 1. The van der Waals surface area contributed by atoms with Gasteiger partial charge in [-0.25, -0.2) is 4.98 Å². The standard InChI is InChI=1S/C16H15NO3/c1-11-4-3-5-14-15(11)17-16(20-14)12-6-8-13(9-7-12)19-10-18-2/h3-9H,10H2,1-2H3. The Morgan fingerprint density at radius 2 is 1.90 bits per heavy atom. The lowest BCUT2D eigenvalue weighted by Gasteiger charge is -2.04. The average Bonchev–Trinajstić information content (AvgIpc) is 2.91. The van der Waals surface area contributed by atoms with Gasteiger partial charge >= 0.3 is 0 Å². The number of aryl methyl sites for hydroxylation is 1. The number of nitrogens with zero attached hydrogens (tertiary/aromatic N) is 1. The Kier molecular flexibility index (Phi) is 3.39. The predicted molar refractivity (Wildman–Crippen MR) is 76.7 cm³/mol. The van der Waals surface area contributed by atoms with Crippen LogP contribution in [0.4, 0.5) is 0 Å². The summed E-state index contributed by atoms with van der Waals surface area (Å²) in [5.74, 6) is 1.37. The van der Waals surface area contributed by atoms with Crippen LogP contribution in [0.25, 0.3) is 22.6 Å². The molecule has 0 fully saturated rings. The molecule has 0 saturated carbocycles. The fourth-order valence-electron chi connectivity index (χ4n) is 2.03. The lowest BCUT2D eigenvalue weighted by molar-refractivity contribution is 0.0511. The predicted octanol–water partition coefficient (Wildman–Crippen LogP) is 3.79. The van der Waals surface area contributed by atoms with E-state index >= 15 is 0 Å². The molecule has 1 heterocycles. The van der Waals surface area contributed by atoms with Crippen LogP contribution in [0.2, 0.25) is 0 Å². The van der Waals surface area contributed by atoms with Crippen LogP contribution in [0.1, 0.15) is 5.56 Å². The molecule has 0 aliphatic carbocycles. The molecule has 0 aliphatic heterocycles. The number of benzene rings is 2. The third kappa shape index (κ3) is 2.38. The Morgan fingerprint density at radius 3 is 2.60 bits per heavy atom. The summed E-state index contributed by atoms with van der Waals surface area (Å²) < 4.78 is 16.0. The molecule has 0 N–H and O–H groups in total. The summed E-state index contributed by atoms with van der Waals surface area (Å²) in [6.45, 7) is 2.26. The van der Waals surface area contributed by atoms with E-state index in [1.807, 2.05) is 49.4 Å². The van der Waals surface area contributed by atoms with Crippen molar-refractivity contribution in [3.63, 3.8) is 0 Å². The molecule has 3 rings (SSSR count). The van der Waals surface area contributed by atoms with Gasteiger partial charge in [-0.2, -0.15) is 0 Å². The molecule has 4 heteroatoms. The second kappa shape index (κ2) is 5.35. The minimum atomic E-state index is 0.238. The van der Waals surface area contributed by atoms with Gasteiger partial charge in [0, 0.05) is 12.7 Å². The number of hydrogen-bond acceptors (Lipinski definition) is 4. The molecule has 3 aromatic rings. The quantitative estimate of drug-likeness (QED) is 0.676. The number of aromatic nitrogens is 1. The smallest absolute Gasteiger partial charge is 0.227 e. The summed E-state index contributed by atoms with van der Waals surface area (Å²) >= 11 is 0. The van der Waals surface area contributed by atoms with E-state index in [1.54, 1.807) is 7.11 Å². The highest BCUT2D eigenvalue weighted by molar-refractivity contribution is 5.79. The molecule has 20 heavy (non-hydrogen) atoms. The van der Waals surface area contributed by atoms with E-state index in [2.05, 4.69) is 4.98 Å². The lowest BCUT2D eigenvalue weighted by atomic mass is 10.2. The summed E-state index contributed by atoms with van der Waals surface area (Å²) in [5.41, 5.74) is 3.74. The summed E-state index contributed by atoms with van der Waals surface area (Å²) in [5, 5.41) is 0. The van der Waals surface area contributed by atoms with E-state index in [4.69, 9.17) is 13.9 Å². The van der Waals surface area contributed by atoms with Gasteiger partial charge in [-0.1, -0.05) is 12.1 Å². The maximum absolute atomic E-state index is 5.78. The molecule has 0 saturated heterocycles. The van der Waals surface area contributed by atoms with Crippen molar-refractivity contribution >= 4 is 11.1 Å². The van der Waals surface area contributed by atoms with E-state index in [0.29, 0.717) is 5.89 Å². The highest BCUT2D eigenvalue weighted by Crippen LogP contribution is 2.27. The number of fused-ring (bicyclic) bond motifs is 1. The summed E-state index contributed by atoms with van der Waals surface area (Å²) in [6, 6.07) is 13.5. The number of para-hydroxylation sites is 1. The topological polar surface area (TPSA) is 44.5 Å². The molecule has 0 spiro atoms. The van der Waals surface area contributed by atoms with E-state index in [-0.39, 0.29) is 6.79 Å². The number of ether oxygens (including phenoxy) is 2. The molecule has 1 aromatic heterocycles. The zero-order chi connectivity index (χ0) is 13.9. The Morgan fingerprint density at radius 1 is 1.10 bits per heavy atom. The van der Waals surface area contributed by atoms with Gasteiger partial charge in [-0.05, 0) is 42.8 Å². The van der Waals surface area contributed by atoms with E-state index < -0.39 is 0 Å². The Balaban J connectivity index is 1.92. The molecule has 102 valence electrons. The normalized spacial score (nSPS) is 10.9. The minimum Gasteiger partial charge on any atom is -0.468 e. The first kappa shape index (κ1) is 12.7. The molecule has 0 atom stereocenters. The third-order valence-corrected chi connectivity index (χ3v) is 3.07. The van der Waals surface area contributed by atoms with Crippen molar-refractivity contribution in [2.24, 2.45) is 0 Å². The van der Waals surface area contributed by atoms with Crippen molar-refractivity contribution in [3.05, 3.63) is 48.0 Å². The second-order valence-corrected chi connectivity index (χ2v) is 4.52. The molecule has 0 amide bonds. The van der Waals surface area contributed by atoms with Gasteiger partial charge < -0.3 is 13.9 Å². The zero-order valence-electron chi connectivity index (χ0n) is 11.4. The highest BCUT2D eigenvalue weighted by Gasteiger charge is 2.09. The second-order valence-electron chi connectivity index (χ2n) is 4.52. The van der Waals surface area contributed by atoms with Crippen molar-refractivity contribution in [1.29, 1.82) is 0 Å². The van der Waals surface area contributed by atoms with Crippen LogP contribution in [0.5, 0.6) is 5.75 Å². The van der Waals surface area contributed by atoms with Gasteiger partial charge in [0.2, 0.25) is 5.89 Å². The van der Waals surface area contributed by atoms with Crippen molar-refractivity contribution < 1.29 is 13.9 Å². The lowest BCUT2D eigenvalue weighted by Crippen LogP contribution is -1.98. The van der Waals surface area contributed by atoms with Crippen molar-refractivity contribution in [1.82, 2.24) is 4.98 Å². The molecule has 0 bridgehead atoms. The maximum Gasteiger partial charge on any atom is 0.227 e. The minimum absolute atomic E-state index is 0.238. The number of hydrogen-bond donors (Lipinski definition) is 0. The fourth-order valence-corrected chi connectivity index (χ4v) is 2.03. The first-order valence-corrected chi connectivity index (χ1v) is 6.36. The fraction of sp³-hybridized carbons (Fsp3) is 0.188. The van der Waals surface area contributed by atoms with Crippen LogP contribution in [-0.2, 0) is 4.74 Å². The molecular weight excluding hydrogens is 254 g/mol. The number of rotatable bonds is 4. The molecular formula is C16H15NO3. The Hall–Kier alpha value is -2.33. The molecule has 4 nitrogen and oxygen atoms in total. The van der Waals surface area contributed by atoms with Gasteiger partial charge in [0.25, 0.3) is 0 Å². The van der Waals surface area contributed by atoms with Crippen LogP contribution < -0.4 is 4.74 Å². The van der Waals surface area contributed by atoms with Crippen molar-refractivity contribution in [2.75, 3.05) is 13.9 Å². The van der Waals surface area contributed by atoms with E-state index in [1.165, 1.54) is 0 Å². The summed E-state index contributed by atoms with van der Waals surface area (Å²) in [7, 11) is 1.59. The zero-order valence-corrected chi connectivity index (χ0v) is 11.4. The van der Waals surface area contributed by atoms with Gasteiger partial charge in [-0.3, -0.25) is 0 Å². The van der Waals surface area contributed by atoms with E-state index in [9.17, 15) is 0 Å². The summed E-state index contributed by atoms with van der Waals surface area (Å²) in [4.78, 5) is 4.54.